The summed E-state index contributed by atoms with van der Waals surface area (Å²) >= 11 is 0. The van der Waals surface area contributed by atoms with Crippen LogP contribution in [0.25, 0.3) is 5.69 Å². The molecule has 7 heteroatoms. The van der Waals surface area contributed by atoms with Crippen molar-refractivity contribution in [1.29, 1.82) is 0 Å². The van der Waals surface area contributed by atoms with E-state index >= 15 is 0 Å². The lowest BCUT2D eigenvalue weighted by molar-refractivity contribution is -0.121. The zero-order valence-electron chi connectivity index (χ0n) is 12.3. The first-order valence-electron chi connectivity index (χ1n) is 7.07. The number of nitrogens with one attached hydrogen (secondary N) is 2. The maximum Gasteiger partial charge on any atom is 0.247 e. The lowest BCUT2D eigenvalue weighted by Crippen LogP contribution is -2.33. The first kappa shape index (κ1) is 15.0. The van der Waals surface area contributed by atoms with Crippen LogP contribution in [0.2, 0.25) is 0 Å². The van der Waals surface area contributed by atoms with Crippen LogP contribution in [-0.4, -0.2) is 38.7 Å². The second kappa shape index (κ2) is 7.37. The number of hydrogen-bond acceptors (Lipinski definition) is 5. The Hall–Kier alpha value is -2.44. The predicted molar refractivity (Wildman–Crippen MR) is 80.2 cm³/mol. The summed E-state index contributed by atoms with van der Waals surface area (Å²) in [6.45, 7) is 4.51. The zero-order valence-corrected chi connectivity index (χ0v) is 12.3. The van der Waals surface area contributed by atoms with Gasteiger partial charge in [-0.15, -0.1) is 0 Å². The maximum absolute atomic E-state index is 11.7. The van der Waals surface area contributed by atoms with Crippen molar-refractivity contribution in [2.45, 2.75) is 32.7 Å². The number of nitrogens with zero attached hydrogens (tertiary/aromatic N) is 4. The Labute approximate surface area is 123 Å². The number of rotatable bonds is 7. The Morgan fingerprint density at radius 2 is 2.10 bits per heavy atom. The van der Waals surface area contributed by atoms with Gasteiger partial charge in [-0.3, -0.25) is 4.79 Å². The molecular formula is C14H20N6O. The first-order valence-corrected chi connectivity index (χ1v) is 7.07. The van der Waals surface area contributed by atoms with Crippen LogP contribution in [0, 0.1) is 0 Å². The van der Waals surface area contributed by atoms with Gasteiger partial charge in [0.15, 0.2) is 0 Å². The molecule has 1 aromatic carbocycles. The van der Waals surface area contributed by atoms with Crippen LogP contribution in [0.3, 0.4) is 0 Å². The Morgan fingerprint density at radius 1 is 1.33 bits per heavy atom. The van der Waals surface area contributed by atoms with E-state index in [-0.39, 0.29) is 11.9 Å². The lowest BCUT2D eigenvalue weighted by atomic mass is 10.2. The third kappa shape index (κ3) is 4.27. The number of carbonyl (C=O) groups excluding carboxylic acids is 1. The molecule has 1 aromatic heterocycles. The van der Waals surface area contributed by atoms with E-state index in [0.717, 1.165) is 12.1 Å². The molecule has 0 spiro atoms. The summed E-state index contributed by atoms with van der Waals surface area (Å²) in [5.74, 6) is 0.549. The molecule has 2 rings (SSSR count). The second-order valence-electron chi connectivity index (χ2n) is 4.80. The summed E-state index contributed by atoms with van der Waals surface area (Å²) < 4.78 is 1.60. The minimum atomic E-state index is 0.0237. The molecule has 0 saturated heterocycles. The number of anilines is 1. The Balaban J connectivity index is 1.88. The molecule has 2 N–H and O–H groups in total. The fourth-order valence-electron chi connectivity index (χ4n) is 1.78. The molecule has 7 nitrogen and oxygen atoms in total. The quantitative estimate of drug-likeness (QED) is 0.804. The van der Waals surface area contributed by atoms with Gasteiger partial charge >= 0.3 is 0 Å². The average molecular weight is 288 g/mol. The van der Waals surface area contributed by atoms with Crippen LogP contribution in [0.15, 0.2) is 30.3 Å². The largest absolute Gasteiger partial charge is 0.354 e. The van der Waals surface area contributed by atoms with Crippen molar-refractivity contribution in [2.75, 3.05) is 11.9 Å². The number of benzene rings is 1. The molecule has 0 bridgehead atoms. The van der Waals surface area contributed by atoms with Crippen molar-refractivity contribution in [3.8, 4) is 5.69 Å². The third-order valence-electron chi connectivity index (χ3n) is 3.13. The topological polar surface area (TPSA) is 84.7 Å². The second-order valence-corrected chi connectivity index (χ2v) is 4.80. The molecule has 21 heavy (non-hydrogen) atoms. The van der Waals surface area contributed by atoms with Gasteiger partial charge in [0.1, 0.15) is 0 Å². The number of tetrazole rings is 1. The number of aromatic nitrogens is 4. The van der Waals surface area contributed by atoms with Crippen LogP contribution in [0.4, 0.5) is 5.95 Å². The SMILES string of the molecule is CCC(C)NC(=O)CCNc1nnnn1-c1ccccc1. The molecule has 0 saturated carbocycles. The highest BCUT2D eigenvalue weighted by Crippen LogP contribution is 2.10. The number of amides is 1. The van der Waals surface area contributed by atoms with E-state index in [0.29, 0.717) is 18.9 Å². The highest BCUT2D eigenvalue weighted by atomic mass is 16.1. The van der Waals surface area contributed by atoms with Crippen LogP contribution >= 0.6 is 0 Å². The summed E-state index contributed by atoms with van der Waals surface area (Å²) in [5.41, 5.74) is 0.869. The van der Waals surface area contributed by atoms with Crippen LogP contribution < -0.4 is 10.6 Å². The molecule has 1 heterocycles. The highest BCUT2D eigenvalue weighted by Gasteiger charge is 2.09. The zero-order chi connectivity index (χ0) is 15.1. The fourth-order valence-corrected chi connectivity index (χ4v) is 1.78. The maximum atomic E-state index is 11.7. The van der Waals surface area contributed by atoms with Crippen LogP contribution in [-0.2, 0) is 4.79 Å². The summed E-state index contributed by atoms with van der Waals surface area (Å²) in [7, 11) is 0. The first-order chi connectivity index (χ1) is 10.2. The van der Waals surface area contributed by atoms with Gasteiger partial charge in [0.2, 0.25) is 11.9 Å². The summed E-state index contributed by atoms with van der Waals surface area (Å²) in [5, 5.41) is 17.5. The summed E-state index contributed by atoms with van der Waals surface area (Å²) in [4.78, 5) is 11.7. The monoisotopic (exact) mass is 288 g/mol. The fraction of sp³-hybridized carbons (Fsp3) is 0.429. The van der Waals surface area contributed by atoms with Crippen LogP contribution in [0.5, 0.6) is 0 Å². The van der Waals surface area contributed by atoms with E-state index < -0.39 is 0 Å². The molecule has 112 valence electrons. The van der Waals surface area contributed by atoms with Crippen LogP contribution in [0.1, 0.15) is 26.7 Å². The molecule has 1 atom stereocenters. The summed E-state index contributed by atoms with van der Waals surface area (Å²) in [6.07, 6.45) is 1.30. The van der Waals surface area contributed by atoms with Crippen molar-refractivity contribution >= 4 is 11.9 Å². The Kier molecular flexibility index (Phi) is 5.25. The van der Waals surface area contributed by atoms with E-state index in [1.807, 2.05) is 44.2 Å². The molecule has 0 aliphatic rings. The summed E-state index contributed by atoms with van der Waals surface area (Å²) in [6, 6.07) is 9.79. The molecule has 0 radical (unpaired) electrons. The standard InChI is InChI=1S/C14H20N6O/c1-3-11(2)16-13(21)9-10-15-14-17-18-19-20(14)12-7-5-4-6-8-12/h4-8,11H,3,9-10H2,1-2H3,(H,16,21)(H,15,17,19). The number of carbonyl (C=O) groups is 1. The van der Waals surface area contributed by atoms with Gasteiger partial charge in [-0.25, -0.2) is 0 Å². The van der Waals surface area contributed by atoms with E-state index in [2.05, 4.69) is 26.2 Å². The minimum Gasteiger partial charge on any atom is -0.354 e. The molecule has 1 amide bonds. The van der Waals surface area contributed by atoms with Crippen molar-refractivity contribution in [3.63, 3.8) is 0 Å². The normalized spacial score (nSPS) is 11.9. The van der Waals surface area contributed by atoms with Gasteiger partial charge in [0, 0.05) is 19.0 Å². The van der Waals surface area contributed by atoms with E-state index in [1.54, 1.807) is 4.68 Å². The van der Waals surface area contributed by atoms with Crippen molar-refractivity contribution < 1.29 is 4.79 Å². The van der Waals surface area contributed by atoms with Gasteiger partial charge < -0.3 is 10.6 Å². The number of para-hydroxylation sites is 1. The van der Waals surface area contributed by atoms with Gasteiger partial charge in [0.05, 0.1) is 5.69 Å². The minimum absolute atomic E-state index is 0.0237. The van der Waals surface area contributed by atoms with E-state index in [4.69, 9.17) is 0 Å². The van der Waals surface area contributed by atoms with Crippen molar-refractivity contribution in [2.24, 2.45) is 0 Å². The Morgan fingerprint density at radius 3 is 2.81 bits per heavy atom. The molecule has 0 fully saturated rings. The van der Waals surface area contributed by atoms with E-state index in [1.165, 1.54) is 0 Å². The highest BCUT2D eigenvalue weighted by molar-refractivity contribution is 5.76. The predicted octanol–water partition coefficient (Wildman–Crippen LogP) is 1.38. The van der Waals surface area contributed by atoms with Crippen molar-refractivity contribution in [3.05, 3.63) is 30.3 Å². The van der Waals surface area contributed by atoms with Gasteiger partial charge in [0.25, 0.3) is 0 Å². The van der Waals surface area contributed by atoms with E-state index in [9.17, 15) is 4.79 Å². The Bertz CT molecular complexity index is 568. The van der Waals surface area contributed by atoms with Gasteiger partial charge in [-0.05, 0) is 35.9 Å². The smallest absolute Gasteiger partial charge is 0.247 e. The number of hydrogen-bond donors (Lipinski definition) is 2. The van der Waals surface area contributed by atoms with Gasteiger partial charge in [-0.1, -0.05) is 30.2 Å². The van der Waals surface area contributed by atoms with Gasteiger partial charge in [-0.2, -0.15) is 4.68 Å². The molecule has 0 aliphatic heterocycles. The lowest BCUT2D eigenvalue weighted by Gasteiger charge is -2.11. The average Bonchev–Trinajstić information content (AvgIpc) is 2.96. The van der Waals surface area contributed by atoms with Crippen molar-refractivity contribution in [1.82, 2.24) is 25.5 Å². The third-order valence-corrected chi connectivity index (χ3v) is 3.13. The molecular weight excluding hydrogens is 268 g/mol. The molecule has 1 unspecified atom stereocenters. The molecule has 0 aliphatic carbocycles. The molecule has 2 aromatic rings.